The highest BCUT2D eigenvalue weighted by molar-refractivity contribution is 5.76. The minimum absolute atomic E-state index is 0.0823. The fraction of sp³-hybridized carbons (Fsp3) is 0.696. The molecule has 1 saturated carbocycles. The number of hydrogen-bond acceptors (Lipinski definition) is 3. The molecule has 2 aliphatic heterocycles. The molecule has 148 valence electrons. The molecule has 3 aliphatic rings. The number of amides is 1. The summed E-state index contributed by atoms with van der Waals surface area (Å²) in [5, 5.41) is 3.27. The summed E-state index contributed by atoms with van der Waals surface area (Å²) in [5.41, 5.74) is 1.46. The van der Waals surface area contributed by atoms with Gasteiger partial charge < -0.3 is 10.1 Å². The number of rotatable bonds is 5. The average molecular weight is 371 g/mol. The number of hydrogen-bond donors (Lipinski definition) is 1. The Kier molecular flexibility index (Phi) is 6.14. The van der Waals surface area contributed by atoms with E-state index in [0.29, 0.717) is 18.9 Å². The van der Waals surface area contributed by atoms with Gasteiger partial charge in [0.05, 0.1) is 18.2 Å². The highest BCUT2D eigenvalue weighted by Crippen LogP contribution is 2.39. The molecular weight excluding hydrogens is 336 g/mol. The molecule has 4 rings (SSSR count). The quantitative estimate of drug-likeness (QED) is 0.855. The summed E-state index contributed by atoms with van der Waals surface area (Å²) in [6.07, 6.45) is 10.2. The molecule has 2 saturated heterocycles. The Balaban J connectivity index is 1.17. The fourth-order valence-electron chi connectivity index (χ4n) is 5.22. The molecule has 0 aromatic heterocycles. The summed E-state index contributed by atoms with van der Waals surface area (Å²) in [6, 6.07) is 10.9. The van der Waals surface area contributed by atoms with Crippen molar-refractivity contribution in [3.05, 3.63) is 35.9 Å². The van der Waals surface area contributed by atoms with E-state index in [2.05, 4.69) is 40.5 Å². The van der Waals surface area contributed by atoms with Crippen LogP contribution in [-0.4, -0.2) is 42.1 Å². The number of carbonyl (C=O) groups is 1. The van der Waals surface area contributed by atoms with Crippen LogP contribution in [0.1, 0.15) is 63.4 Å². The van der Waals surface area contributed by atoms with E-state index in [1.807, 2.05) is 0 Å². The predicted octanol–water partition coefficient (Wildman–Crippen LogP) is 3.90. The number of benzene rings is 1. The molecule has 0 radical (unpaired) electrons. The highest BCUT2D eigenvalue weighted by Gasteiger charge is 2.41. The monoisotopic (exact) mass is 370 g/mol. The van der Waals surface area contributed by atoms with Crippen LogP contribution in [-0.2, 0) is 16.1 Å². The largest absolute Gasteiger partial charge is 0.373 e. The lowest BCUT2D eigenvalue weighted by molar-refractivity contribution is -0.123. The van der Waals surface area contributed by atoms with Crippen molar-refractivity contribution in [2.24, 2.45) is 5.92 Å². The Morgan fingerprint density at radius 1 is 1.11 bits per heavy atom. The van der Waals surface area contributed by atoms with E-state index in [4.69, 9.17) is 4.74 Å². The van der Waals surface area contributed by atoms with Crippen molar-refractivity contribution in [2.45, 2.75) is 76.0 Å². The molecule has 2 heterocycles. The van der Waals surface area contributed by atoms with Crippen molar-refractivity contribution >= 4 is 5.91 Å². The minimum atomic E-state index is 0.0823. The summed E-state index contributed by atoms with van der Waals surface area (Å²) in [5.74, 6) is 0.765. The maximum absolute atomic E-state index is 12.5. The van der Waals surface area contributed by atoms with Crippen LogP contribution in [0.2, 0.25) is 0 Å². The number of nitrogens with one attached hydrogen (secondary N) is 1. The van der Waals surface area contributed by atoms with E-state index < -0.39 is 0 Å². The molecule has 1 aliphatic carbocycles. The zero-order valence-electron chi connectivity index (χ0n) is 16.5. The molecule has 1 aromatic carbocycles. The van der Waals surface area contributed by atoms with E-state index >= 15 is 0 Å². The number of carbonyl (C=O) groups excluding carboxylic acids is 1. The van der Waals surface area contributed by atoms with Crippen LogP contribution in [0.25, 0.3) is 0 Å². The zero-order valence-corrected chi connectivity index (χ0v) is 16.5. The molecular formula is C23H34N2O2. The smallest absolute Gasteiger partial charge is 0.220 e. The van der Waals surface area contributed by atoms with Gasteiger partial charge in [-0.15, -0.1) is 0 Å². The van der Waals surface area contributed by atoms with Crippen LogP contribution in [0.15, 0.2) is 30.3 Å². The van der Waals surface area contributed by atoms with Crippen molar-refractivity contribution in [1.82, 2.24) is 10.2 Å². The molecule has 3 fully saturated rings. The van der Waals surface area contributed by atoms with Crippen LogP contribution < -0.4 is 5.32 Å². The second kappa shape index (κ2) is 8.74. The van der Waals surface area contributed by atoms with E-state index in [-0.39, 0.29) is 17.6 Å². The average Bonchev–Trinajstić information content (AvgIpc) is 3.06. The van der Waals surface area contributed by atoms with Crippen molar-refractivity contribution in [3.63, 3.8) is 0 Å². The third kappa shape index (κ3) is 5.11. The first-order chi connectivity index (χ1) is 13.2. The van der Waals surface area contributed by atoms with Crippen LogP contribution >= 0.6 is 0 Å². The molecule has 1 spiro atoms. The second-order valence-corrected chi connectivity index (χ2v) is 8.93. The van der Waals surface area contributed by atoms with Gasteiger partial charge in [0, 0.05) is 13.0 Å². The van der Waals surface area contributed by atoms with Gasteiger partial charge in [-0.1, -0.05) is 49.6 Å². The Labute approximate surface area is 163 Å². The lowest BCUT2D eigenvalue weighted by Gasteiger charge is -2.32. The van der Waals surface area contributed by atoms with Gasteiger partial charge in [0.2, 0.25) is 5.91 Å². The Hall–Kier alpha value is -1.39. The molecule has 4 heteroatoms. The number of piperidine rings is 1. The van der Waals surface area contributed by atoms with Gasteiger partial charge in [-0.25, -0.2) is 0 Å². The van der Waals surface area contributed by atoms with Crippen LogP contribution in [0.5, 0.6) is 0 Å². The number of ether oxygens (including phenoxy) is 1. The Morgan fingerprint density at radius 3 is 2.59 bits per heavy atom. The molecule has 1 amide bonds. The number of likely N-dealkylation sites (tertiary alicyclic amines) is 1. The van der Waals surface area contributed by atoms with Crippen LogP contribution in [0, 0.1) is 5.92 Å². The van der Waals surface area contributed by atoms with Gasteiger partial charge >= 0.3 is 0 Å². The third-order valence-corrected chi connectivity index (χ3v) is 6.77. The molecule has 1 unspecified atom stereocenters. The molecule has 0 bridgehead atoms. The van der Waals surface area contributed by atoms with Gasteiger partial charge in [0.1, 0.15) is 0 Å². The Morgan fingerprint density at radius 2 is 1.85 bits per heavy atom. The first-order valence-corrected chi connectivity index (χ1v) is 10.9. The molecule has 4 nitrogen and oxygen atoms in total. The summed E-state index contributed by atoms with van der Waals surface area (Å²) < 4.78 is 6.13. The zero-order chi connectivity index (χ0) is 18.5. The second-order valence-electron chi connectivity index (χ2n) is 8.93. The standard InChI is InChI=1S/C23H34N2O2/c26-22(24-21-16-23(27-18-21)11-5-2-6-12-23)15-19-9-13-25(14-10-19)17-20-7-3-1-4-8-20/h1,3-4,7-8,19,21H,2,5-6,9-18H2,(H,24,26). The van der Waals surface area contributed by atoms with Crippen molar-refractivity contribution in [2.75, 3.05) is 19.7 Å². The molecule has 1 aromatic rings. The Bertz CT molecular complexity index is 604. The maximum atomic E-state index is 12.5. The maximum Gasteiger partial charge on any atom is 0.220 e. The first kappa shape index (κ1) is 18.9. The summed E-state index contributed by atoms with van der Waals surface area (Å²) in [4.78, 5) is 15.0. The topological polar surface area (TPSA) is 41.6 Å². The van der Waals surface area contributed by atoms with Gasteiger partial charge in [-0.05, 0) is 56.7 Å². The molecule has 1 N–H and O–H groups in total. The highest BCUT2D eigenvalue weighted by atomic mass is 16.5. The number of nitrogens with zero attached hydrogens (tertiary/aromatic N) is 1. The normalized spacial score (nSPS) is 26.3. The van der Waals surface area contributed by atoms with Crippen molar-refractivity contribution < 1.29 is 9.53 Å². The van der Waals surface area contributed by atoms with Crippen molar-refractivity contribution in [1.29, 1.82) is 0 Å². The van der Waals surface area contributed by atoms with Crippen LogP contribution in [0.3, 0.4) is 0 Å². The van der Waals surface area contributed by atoms with E-state index in [0.717, 1.165) is 38.9 Å². The summed E-state index contributed by atoms with van der Waals surface area (Å²) >= 11 is 0. The first-order valence-electron chi connectivity index (χ1n) is 10.9. The lowest BCUT2D eigenvalue weighted by atomic mass is 9.82. The summed E-state index contributed by atoms with van der Waals surface area (Å²) in [7, 11) is 0. The van der Waals surface area contributed by atoms with Gasteiger partial charge in [0.15, 0.2) is 0 Å². The SMILES string of the molecule is O=C(CC1CCN(Cc2ccccc2)CC1)NC1COC2(CCCCC2)C1. The van der Waals surface area contributed by atoms with E-state index in [9.17, 15) is 4.79 Å². The molecule has 1 atom stereocenters. The third-order valence-electron chi connectivity index (χ3n) is 6.77. The predicted molar refractivity (Wildman–Crippen MR) is 107 cm³/mol. The van der Waals surface area contributed by atoms with Gasteiger partial charge in [-0.3, -0.25) is 9.69 Å². The summed E-state index contributed by atoms with van der Waals surface area (Å²) in [6.45, 7) is 3.94. The van der Waals surface area contributed by atoms with Gasteiger partial charge in [-0.2, -0.15) is 0 Å². The van der Waals surface area contributed by atoms with E-state index in [1.165, 1.54) is 37.7 Å². The van der Waals surface area contributed by atoms with Crippen LogP contribution in [0.4, 0.5) is 0 Å². The van der Waals surface area contributed by atoms with E-state index in [1.54, 1.807) is 0 Å². The fourth-order valence-corrected chi connectivity index (χ4v) is 5.22. The van der Waals surface area contributed by atoms with Gasteiger partial charge in [0.25, 0.3) is 0 Å². The lowest BCUT2D eigenvalue weighted by Crippen LogP contribution is -2.39. The molecule has 27 heavy (non-hydrogen) atoms. The van der Waals surface area contributed by atoms with Crippen molar-refractivity contribution in [3.8, 4) is 0 Å². The minimum Gasteiger partial charge on any atom is -0.373 e.